The quantitative estimate of drug-likeness (QED) is 0.429. The molecule has 2 aromatic rings. The van der Waals surface area contributed by atoms with Gasteiger partial charge in [-0.15, -0.1) is 0 Å². The highest BCUT2D eigenvalue weighted by Gasteiger charge is 2.31. The highest BCUT2D eigenvalue weighted by atomic mass is 16.5. The number of hydrogen-bond acceptors (Lipinski definition) is 8. The van der Waals surface area contributed by atoms with Crippen LogP contribution in [0.2, 0.25) is 0 Å². The molecule has 0 aromatic heterocycles. The van der Waals surface area contributed by atoms with E-state index in [4.69, 9.17) is 33.2 Å². The van der Waals surface area contributed by atoms with Crippen molar-refractivity contribution in [1.29, 1.82) is 0 Å². The molecule has 0 bridgehead atoms. The number of methoxy groups -OCH3 is 6. The molecule has 1 fully saturated rings. The highest BCUT2D eigenvalue weighted by molar-refractivity contribution is 5.96. The summed E-state index contributed by atoms with van der Waals surface area (Å²) in [6.07, 6.45) is 2.35. The van der Waals surface area contributed by atoms with Gasteiger partial charge in [0.05, 0.1) is 49.3 Å². The van der Waals surface area contributed by atoms with Gasteiger partial charge >= 0.3 is 5.97 Å². The van der Waals surface area contributed by atoms with Gasteiger partial charge in [0.25, 0.3) is 0 Å². The van der Waals surface area contributed by atoms with Gasteiger partial charge in [-0.25, -0.2) is 4.79 Å². The molecule has 0 radical (unpaired) electrons. The number of cyclic esters (lactones) is 1. The van der Waals surface area contributed by atoms with Crippen molar-refractivity contribution >= 4 is 12.0 Å². The Balaban J connectivity index is 1.97. The van der Waals surface area contributed by atoms with Crippen LogP contribution in [-0.4, -0.2) is 55.2 Å². The van der Waals surface area contributed by atoms with E-state index in [0.29, 0.717) is 46.5 Å². The van der Waals surface area contributed by atoms with Gasteiger partial charge in [-0.3, -0.25) is 0 Å². The monoisotopic (exact) mass is 444 g/mol. The van der Waals surface area contributed by atoms with E-state index < -0.39 is 0 Å². The summed E-state index contributed by atoms with van der Waals surface area (Å²) in [4.78, 5) is 12.5. The number of hydrogen-bond donors (Lipinski definition) is 0. The number of benzene rings is 2. The zero-order valence-electron chi connectivity index (χ0n) is 19.1. The van der Waals surface area contributed by atoms with Crippen LogP contribution < -0.4 is 28.4 Å². The SMILES string of the molecule is COc1cc(/C=C2/C(=O)OC[C@H]2Cc2cc(OC)c(OC)c(OC)c2)cc(OC)c1OC. The zero-order valence-corrected chi connectivity index (χ0v) is 19.1. The molecule has 2 aromatic carbocycles. The van der Waals surface area contributed by atoms with Crippen LogP contribution in [0.5, 0.6) is 34.5 Å². The molecule has 1 heterocycles. The van der Waals surface area contributed by atoms with E-state index in [1.54, 1.807) is 60.9 Å². The van der Waals surface area contributed by atoms with Crippen LogP contribution >= 0.6 is 0 Å². The van der Waals surface area contributed by atoms with Crippen molar-refractivity contribution in [2.45, 2.75) is 6.42 Å². The Bertz CT molecular complexity index is 961. The average Bonchev–Trinajstić information content (AvgIpc) is 3.16. The molecular formula is C24H28O8. The van der Waals surface area contributed by atoms with E-state index in [9.17, 15) is 4.79 Å². The van der Waals surface area contributed by atoms with Crippen LogP contribution in [0.25, 0.3) is 6.08 Å². The van der Waals surface area contributed by atoms with E-state index >= 15 is 0 Å². The summed E-state index contributed by atoms with van der Waals surface area (Å²) in [5.41, 5.74) is 2.23. The van der Waals surface area contributed by atoms with Crippen molar-refractivity contribution < 1.29 is 38.0 Å². The minimum Gasteiger partial charge on any atom is -0.493 e. The Morgan fingerprint density at radius 1 is 0.781 bits per heavy atom. The van der Waals surface area contributed by atoms with Gasteiger partial charge < -0.3 is 33.2 Å². The number of rotatable bonds is 9. The molecule has 172 valence electrons. The lowest BCUT2D eigenvalue weighted by Crippen LogP contribution is -2.08. The Labute approximate surface area is 187 Å². The molecule has 0 spiro atoms. The minimum absolute atomic E-state index is 0.149. The second-order valence-corrected chi connectivity index (χ2v) is 7.09. The predicted octanol–water partition coefficient (Wildman–Crippen LogP) is 3.54. The van der Waals surface area contributed by atoms with Crippen molar-refractivity contribution in [3.63, 3.8) is 0 Å². The number of carbonyl (C=O) groups excluding carboxylic acids is 1. The maximum atomic E-state index is 12.5. The normalized spacial score (nSPS) is 16.5. The molecule has 8 nitrogen and oxygen atoms in total. The summed E-state index contributed by atoms with van der Waals surface area (Å²) >= 11 is 0. The summed E-state index contributed by atoms with van der Waals surface area (Å²) < 4.78 is 37.8. The fourth-order valence-corrected chi connectivity index (χ4v) is 3.76. The minimum atomic E-state index is -0.351. The first-order chi connectivity index (χ1) is 15.5. The third-order valence-corrected chi connectivity index (χ3v) is 5.31. The molecule has 0 N–H and O–H groups in total. The number of ether oxygens (including phenoxy) is 7. The second kappa shape index (κ2) is 10.2. The molecule has 32 heavy (non-hydrogen) atoms. The zero-order chi connectivity index (χ0) is 23.3. The maximum absolute atomic E-state index is 12.5. The first-order valence-electron chi connectivity index (χ1n) is 9.97. The van der Waals surface area contributed by atoms with E-state index in [-0.39, 0.29) is 18.5 Å². The largest absolute Gasteiger partial charge is 0.493 e. The highest BCUT2D eigenvalue weighted by Crippen LogP contribution is 2.41. The van der Waals surface area contributed by atoms with Crippen LogP contribution in [-0.2, 0) is 16.0 Å². The molecule has 0 aliphatic carbocycles. The molecule has 8 heteroatoms. The fourth-order valence-electron chi connectivity index (χ4n) is 3.76. The van der Waals surface area contributed by atoms with Crippen LogP contribution in [0, 0.1) is 5.92 Å². The third kappa shape index (κ3) is 4.54. The van der Waals surface area contributed by atoms with Gasteiger partial charge in [-0.2, -0.15) is 0 Å². The molecule has 1 saturated heterocycles. The molecular weight excluding hydrogens is 416 g/mol. The van der Waals surface area contributed by atoms with Crippen LogP contribution in [0.1, 0.15) is 11.1 Å². The predicted molar refractivity (Wildman–Crippen MR) is 118 cm³/mol. The lowest BCUT2D eigenvalue weighted by molar-refractivity contribution is -0.135. The van der Waals surface area contributed by atoms with E-state index in [2.05, 4.69) is 0 Å². The Hall–Kier alpha value is -3.55. The van der Waals surface area contributed by atoms with Crippen molar-refractivity contribution in [3.05, 3.63) is 41.0 Å². The lowest BCUT2D eigenvalue weighted by Gasteiger charge is -2.16. The second-order valence-electron chi connectivity index (χ2n) is 7.09. The summed E-state index contributed by atoms with van der Waals surface area (Å²) in [7, 11) is 9.33. The Kier molecular flexibility index (Phi) is 7.35. The molecule has 1 aliphatic heterocycles. The summed E-state index contributed by atoms with van der Waals surface area (Å²) in [5.74, 6) is 2.63. The van der Waals surface area contributed by atoms with Crippen molar-refractivity contribution in [2.24, 2.45) is 5.92 Å². The molecule has 0 saturated carbocycles. The summed E-state index contributed by atoms with van der Waals surface area (Å²) in [6, 6.07) is 7.33. The fraction of sp³-hybridized carbons (Fsp3) is 0.375. The van der Waals surface area contributed by atoms with Crippen molar-refractivity contribution in [1.82, 2.24) is 0 Å². The van der Waals surface area contributed by atoms with Crippen LogP contribution in [0.3, 0.4) is 0 Å². The smallest absolute Gasteiger partial charge is 0.334 e. The maximum Gasteiger partial charge on any atom is 0.334 e. The standard InChI is InChI=1S/C24H28O8/c1-26-18-9-14(10-19(27-2)22(18)30-5)7-16-13-32-24(25)17(16)8-15-11-20(28-3)23(31-6)21(12-15)29-4/h8-12,16H,7,13H2,1-6H3/b17-8+/t16-/m1/s1. The van der Waals surface area contributed by atoms with Gasteiger partial charge in [0, 0.05) is 11.5 Å². The van der Waals surface area contributed by atoms with Gasteiger partial charge in [0.15, 0.2) is 23.0 Å². The van der Waals surface area contributed by atoms with Crippen LogP contribution in [0.15, 0.2) is 29.8 Å². The molecule has 1 atom stereocenters. The van der Waals surface area contributed by atoms with E-state index in [1.807, 2.05) is 12.1 Å². The van der Waals surface area contributed by atoms with Gasteiger partial charge in [-0.05, 0) is 47.9 Å². The number of carbonyl (C=O) groups is 1. The van der Waals surface area contributed by atoms with Crippen LogP contribution in [0.4, 0.5) is 0 Å². The molecule has 1 aliphatic rings. The van der Waals surface area contributed by atoms with Crippen molar-refractivity contribution in [3.8, 4) is 34.5 Å². The topological polar surface area (TPSA) is 81.7 Å². The first-order valence-corrected chi connectivity index (χ1v) is 9.97. The van der Waals surface area contributed by atoms with Gasteiger partial charge in [0.1, 0.15) is 0 Å². The Morgan fingerprint density at radius 2 is 1.25 bits per heavy atom. The number of esters is 1. The first kappa shape index (κ1) is 23.1. The van der Waals surface area contributed by atoms with E-state index in [0.717, 1.165) is 11.1 Å². The lowest BCUT2D eigenvalue weighted by atomic mass is 9.92. The summed E-state index contributed by atoms with van der Waals surface area (Å²) in [5, 5.41) is 0. The summed E-state index contributed by atoms with van der Waals surface area (Å²) in [6.45, 7) is 0.283. The van der Waals surface area contributed by atoms with Gasteiger partial charge in [-0.1, -0.05) is 0 Å². The molecule has 0 unspecified atom stereocenters. The third-order valence-electron chi connectivity index (χ3n) is 5.31. The van der Waals surface area contributed by atoms with E-state index in [1.165, 1.54) is 0 Å². The average molecular weight is 444 g/mol. The Morgan fingerprint density at radius 3 is 1.69 bits per heavy atom. The van der Waals surface area contributed by atoms with Crippen molar-refractivity contribution in [2.75, 3.05) is 49.3 Å². The van der Waals surface area contributed by atoms with Gasteiger partial charge in [0.2, 0.25) is 11.5 Å². The molecule has 3 rings (SSSR count). The molecule has 0 amide bonds.